The number of hydrogen-bond donors (Lipinski definition) is 1. The first-order valence-corrected chi connectivity index (χ1v) is 9.78. The highest BCUT2D eigenvalue weighted by molar-refractivity contribution is 5.79. The normalized spacial score (nSPS) is 27.1. The molecule has 0 radical (unpaired) electrons. The number of fused-ring (bicyclic) bond motifs is 1. The Balaban J connectivity index is 1.41. The van der Waals surface area contributed by atoms with E-state index in [1.807, 2.05) is 16.8 Å². The molecule has 2 fully saturated rings. The van der Waals surface area contributed by atoms with Crippen LogP contribution in [0.4, 0.5) is 0 Å². The fraction of sp³-hybridized carbons (Fsp3) is 0.778. The SMILES string of the molecule is CC(=O)N1CCC(C(=O)N2CCn3c(nnc3[C@@H]3C[C@@H](O)CN3C)C2)CC1. The smallest absolute Gasteiger partial charge is 0.226 e. The van der Waals surface area contributed by atoms with Gasteiger partial charge in [0.2, 0.25) is 11.8 Å². The zero-order valence-corrected chi connectivity index (χ0v) is 16.0. The maximum atomic E-state index is 12.9. The number of nitrogens with zero attached hydrogens (tertiary/aromatic N) is 6. The number of piperidine rings is 1. The summed E-state index contributed by atoms with van der Waals surface area (Å²) < 4.78 is 2.11. The molecule has 1 aromatic heterocycles. The minimum atomic E-state index is -0.324. The number of aliphatic hydroxyl groups is 1. The van der Waals surface area contributed by atoms with Gasteiger partial charge in [-0.1, -0.05) is 0 Å². The van der Waals surface area contributed by atoms with Crippen LogP contribution in [0, 0.1) is 5.92 Å². The summed E-state index contributed by atoms with van der Waals surface area (Å²) in [6.45, 7) is 5.39. The maximum Gasteiger partial charge on any atom is 0.226 e. The molecule has 0 bridgehead atoms. The van der Waals surface area contributed by atoms with Gasteiger partial charge in [-0.3, -0.25) is 14.5 Å². The molecule has 1 N–H and O–H groups in total. The van der Waals surface area contributed by atoms with Crippen LogP contribution >= 0.6 is 0 Å². The average molecular weight is 376 g/mol. The highest BCUT2D eigenvalue weighted by Crippen LogP contribution is 2.31. The Morgan fingerprint density at radius 2 is 1.81 bits per heavy atom. The first-order chi connectivity index (χ1) is 12.9. The lowest BCUT2D eigenvalue weighted by molar-refractivity contribution is -0.141. The Morgan fingerprint density at radius 3 is 2.44 bits per heavy atom. The van der Waals surface area contributed by atoms with Gasteiger partial charge in [-0.15, -0.1) is 10.2 Å². The summed E-state index contributed by atoms with van der Waals surface area (Å²) in [4.78, 5) is 30.2. The van der Waals surface area contributed by atoms with Crippen LogP contribution in [0.1, 0.15) is 43.9 Å². The second kappa shape index (κ2) is 7.20. The van der Waals surface area contributed by atoms with Crippen molar-refractivity contribution in [1.29, 1.82) is 0 Å². The zero-order chi connectivity index (χ0) is 19.1. The molecule has 3 aliphatic heterocycles. The molecular formula is C18H28N6O3. The molecule has 148 valence electrons. The van der Waals surface area contributed by atoms with Gasteiger partial charge in [-0.2, -0.15) is 0 Å². The number of amides is 2. The Labute approximate surface area is 158 Å². The van der Waals surface area contributed by atoms with Crippen LogP contribution in [0.2, 0.25) is 0 Å². The Hall–Kier alpha value is -2.00. The minimum Gasteiger partial charge on any atom is -0.392 e. The number of aromatic nitrogens is 3. The monoisotopic (exact) mass is 376 g/mol. The molecule has 1 aromatic rings. The van der Waals surface area contributed by atoms with Crippen molar-refractivity contribution < 1.29 is 14.7 Å². The number of carbonyl (C=O) groups is 2. The summed E-state index contributed by atoms with van der Waals surface area (Å²) >= 11 is 0. The van der Waals surface area contributed by atoms with Gasteiger partial charge >= 0.3 is 0 Å². The predicted octanol–water partition coefficient (Wildman–Crippen LogP) is -0.384. The van der Waals surface area contributed by atoms with E-state index in [1.54, 1.807) is 6.92 Å². The zero-order valence-electron chi connectivity index (χ0n) is 16.0. The lowest BCUT2D eigenvalue weighted by atomic mass is 9.95. The first-order valence-electron chi connectivity index (χ1n) is 9.78. The Bertz CT molecular complexity index is 727. The molecule has 9 nitrogen and oxygen atoms in total. The number of likely N-dealkylation sites (tertiary alicyclic amines) is 2. The van der Waals surface area contributed by atoms with Crippen LogP contribution in [-0.4, -0.2) is 85.7 Å². The number of β-amino-alcohol motifs (C(OH)–C–C–N with tert-alkyl or cyclic N) is 1. The molecule has 0 spiro atoms. The largest absolute Gasteiger partial charge is 0.392 e. The Kier molecular flexibility index (Phi) is 4.90. The second-order valence-corrected chi connectivity index (χ2v) is 8.01. The molecule has 2 amide bonds. The van der Waals surface area contributed by atoms with Gasteiger partial charge in [0.25, 0.3) is 0 Å². The summed E-state index contributed by atoms with van der Waals surface area (Å²) in [5.41, 5.74) is 0. The van der Waals surface area contributed by atoms with Crippen molar-refractivity contribution >= 4 is 11.8 Å². The first kappa shape index (κ1) is 18.4. The van der Waals surface area contributed by atoms with Crippen LogP contribution < -0.4 is 0 Å². The Morgan fingerprint density at radius 1 is 1.07 bits per heavy atom. The number of hydrogen-bond acceptors (Lipinski definition) is 6. The number of likely N-dealkylation sites (N-methyl/N-ethyl adjacent to an activating group) is 1. The van der Waals surface area contributed by atoms with Gasteiger partial charge in [0, 0.05) is 45.6 Å². The standard InChI is InChI=1S/C18H28N6O3/c1-12(25)22-5-3-13(4-6-22)18(27)23-7-8-24-16(11-23)19-20-17(24)15-9-14(26)10-21(15)2/h13-15,26H,3-11H2,1-2H3/t14-,15+/m1/s1. The van der Waals surface area contributed by atoms with Gasteiger partial charge in [0.05, 0.1) is 18.7 Å². The van der Waals surface area contributed by atoms with Gasteiger partial charge in [-0.05, 0) is 26.3 Å². The van der Waals surface area contributed by atoms with Crippen molar-refractivity contribution in [2.24, 2.45) is 5.92 Å². The summed E-state index contributed by atoms with van der Waals surface area (Å²) in [7, 11) is 1.99. The fourth-order valence-corrected chi connectivity index (χ4v) is 4.59. The van der Waals surface area contributed by atoms with E-state index in [0.717, 1.165) is 24.5 Å². The van der Waals surface area contributed by atoms with E-state index in [1.165, 1.54) is 0 Å². The topological polar surface area (TPSA) is 94.8 Å². The molecule has 0 unspecified atom stereocenters. The molecule has 9 heteroatoms. The van der Waals surface area contributed by atoms with E-state index in [0.29, 0.717) is 45.7 Å². The van der Waals surface area contributed by atoms with Gasteiger partial charge in [0.1, 0.15) is 0 Å². The third kappa shape index (κ3) is 3.45. The van der Waals surface area contributed by atoms with E-state index in [4.69, 9.17) is 0 Å². The molecule has 4 rings (SSSR count). The lowest BCUT2D eigenvalue weighted by Crippen LogP contribution is -2.46. The third-order valence-corrected chi connectivity index (χ3v) is 6.21. The fourth-order valence-electron chi connectivity index (χ4n) is 4.59. The lowest BCUT2D eigenvalue weighted by Gasteiger charge is -2.35. The number of aliphatic hydroxyl groups excluding tert-OH is 1. The molecule has 4 heterocycles. The minimum absolute atomic E-state index is 0.00865. The quantitative estimate of drug-likeness (QED) is 0.756. The van der Waals surface area contributed by atoms with Crippen LogP contribution in [-0.2, 0) is 22.7 Å². The third-order valence-electron chi connectivity index (χ3n) is 6.21. The van der Waals surface area contributed by atoms with Crippen molar-refractivity contribution in [3.05, 3.63) is 11.6 Å². The molecule has 2 saturated heterocycles. The second-order valence-electron chi connectivity index (χ2n) is 8.01. The summed E-state index contributed by atoms with van der Waals surface area (Å²) in [6.07, 6.45) is 1.82. The van der Waals surface area contributed by atoms with Crippen LogP contribution in [0.3, 0.4) is 0 Å². The van der Waals surface area contributed by atoms with Crippen LogP contribution in [0.5, 0.6) is 0 Å². The van der Waals surface area contributed by atoms with Crippen molar-refractivity contribution in [3.8, 4) is 0 Å². The van der Waals surface area contributed by atoms with Crippen molar-refractivity contribution in [3.63, 3.8) is 0 Å². The van der Waals surface area contributed by atoms with Crippen molar-refractivity contribution in [2.75, 3.05) is 33.2 Å². The van der Waals surface area contributed by atoms with E-state index in [2.05, 4.69) is 19.7 Å². The van der Waals surface area contributed by atoms with Gasteiger partial charge in [0.15, 0.2) is 11.6 Å². The van der Waals surface area contributed by atoms with E-state index < -0.39 is 0 Å². The van der Waals surface area contributed by atoms with Crippen molar-refractivity contribution in [1.82, 2.24) is 29.5 Å². The summed E-state index contributed by atoms with van der Waals surface area (Å²) in [5, 5.41) is 18.6. The summed E-state index contributed by atoms with van der Waals surface area (Å²) in [5.74, 6) is 1.96. The highest BCUT2D eigenvalue weighted by Gasteiger charge is 2.36. The van der Waals surface area contributed by atoms with E-state index in [9.17, 15) is 14.7 Å². The summed E-state index contributed by atoms with van der Waals surface area (Å²) in [6, 6.07) is 0.0828. The molecule has 27 heavy (non-hydrogen) atoms. The molecule has 0 saturated carbocycles. The van der Waals surface area contributed by atoms with Crippen LogP contribution in [0.25, 0.3) is 0 Å². The van der Waals surface area contributed by atoms with Gasteiger partial charge < -0.3 is 19.5 Å². The molecule has 0 aromatic carbocycles. The van der Waals surface area contributed by atoms with E-state index in [-0.39, 0.29) is 29.9 Å². The van der Waals surface area contributed by atoms with Crippen molar-refractivity contribution in [2.45, 2.75) is 51.4 Å². The number of carbonyl (C=O) groups excluding carboxylic acids is 2. The predicted molar refractivity (Wildman–Crippen MR) is 96.4 cm³/mol. The highest BCUT2D eigenvalue weighted by atomic mass is 16.3. The molecular weight excluding hydrogens is 348 g/mol. The van der Waals surface area contributed by atoms with E-state index >= 15 is 0 Å². The molecule has 0 aliphatic carbocycles. The van der Waals surface area contributed by atoms with Gasteiger partial charge in [-0.25, -0.2) is 0 Å². The van der Waals surface area contributed by atoms with Crippen LogP contribution in [0.15, 0.2) is 0 Å². The molecule has 2 atom stereocenters. The molecule has 3 aliphatic rings. The maximum absolute atomic E-state index is 12.9. The number of rotatable bonds is 2. The average Bonchev–Trinajstić information content (AvgIpc) is 3.22.